The number of hydrogen-bond donors (Lipinski definition) is 1. The van der Waals surface area contributed by atoms with Gasteiger partial charge >= 0.3 is 0 Å². The summed E-state index contributed by atoms with van der Waals surface area (Å²) in [6.45, 7) is 12.6. The molecular formula is C18H35NO. The Morgan fingerprint density at radius 2 is 1.55 bits per heavy atom. The fourth-order valence-electron chi connectivity index (χ4n) is 3.63. The van der Waals surface area contributed by atoms with Crippen LogP contribution >= 0.6 is 0 Å². The Morgan fingerprint density at radius 1 is 1.00 bits per heavy atom. The standard InChI is InChI=1S/C18H35NO/c1-16(2,3)19-14-18(10-6-7-11-18)20-15-8-12-17(4,5)13-9-15/h15,19H,6-14H2,1-5H3. The third-order valence-electron chi connectivity index (χ3n) is 5.16. The van der Waals surface area contributed by atoms with Crippen LogP contribution in [0.3, 0.4) is 0 Å². The average Bonchev–Trinajstić information content (AvgIpc) is 2.78. The molecule has 2 aliphatic rings. The Kier molecular flexibility index (Phi) is 4.86. The minimum absolute atomic E-state index is 0.124. The number of hydrogen-bond acceptors (Lipinski definition) is 2. The van der Waals surface area contributed by atoms with Crippen molar-refractivity contribution in [1.82, 2.24) is 5.32 Å². The molecule has 0 atom stereocenters. The van der Waals surface area contributed by atoms with E-state index in [1.54, 1.807) is 0 Å². The maximum atomic E-state index is 6.67. The lowest BCUT2D eigenvalue weighted by molar-refractivity contribution is -0.111. The zero-order chi connectivity index (χ0) is 14.9. The summed E-state index contributed by atoms with van der Waals surface area (Å²) in [4.78, 5) is 0. The van der Waals surface area contributed by atoms with E-state index < -0.39 is 0 Å². The second-order valence-corrected chi connectivity index (χ2v) is 8.98. The molecular weight excluding hydrogens is 246 g/mol. The molecule has 2 heteroatoms. The van der Waals surface area contributed by atoms with Crippen LogP contribution in [0.5, 0.6) is 0 Å². The van der Waals surface area contributed by atoms with E-state index in [9.17, 15) is 0 Å². The average molecular weight is 281 g/mol. The summed E-state index contributed by atoms with van der Waals surface area (Å²) >= 11 is 0. The van der Waals surface area contributed by atoms with Gasteiger partial charge in [0, 0.05) is 12.1 Å². The minimum atomic E-state index is 0.124. The van der Waals surface area contributed by atoms with Gasteiger partial charge < -0.3 is 10.1 Å². The normalized spacial score (nSPS) is 26.9. The van der Waals surface area contributed by atoms with Gasteiger partial charge in [0.1, 0.15) is 0 Å². The maximum Gasteiger partial charge on any atom is 0.0810 e. The van der Waals surface area contributed by atoms with Crippen LogP contribution in [-0.4, -0.2) is 23.8 Å². The minimum Gasteiger partial charge on any atom is -0.370 e. The Hall–Kier alpha value is -0.0800. The zero-order valence-electron chi connectivity index (χ0n) is 14.3. The Bertz CT molecular complexity index is 300. The zero-order valence-corrected chi connectivity index (χ0v) is 14.3. The fourth-order valence-corrected chi connectivity index (χ4v) is 3.63. The Balaban J connectivity index is 1.89. The van der Waals surface area contributed by atoms with Gasteiger partial charge in [-0.3, -0.25) is 0 Å². The van der Waals surface area contributed by atoms with Crippen LogP contribution in [0.25, 0.3) is 0 Å². The van der Waals surface area contributed by atoms with E-state index in [4.69, 9.17) is 4.74 Å². The highest BCUT2D eigenvalue weighted by Gasteiger charge is 2.39. The molecule has 2 rings (SSSR count). The molecule has 2 nitrogen and oxygen atoms in total. The van der Waals surface area contributed by atoms with Crippen LogP contribution in [0.1, 0.15) is 86.0 Å². The molecule has 2 saturated carbocycles. The fraction of sp³-hybridized carbons (Fsp3) is 1.00. The molecule has 0 aromatic heterocycles. The molecule has 0 unspecified atom stereocenters. The number of ether oxygens (including phenoxy) is 1. The lowest BCUT2D eigenvalue weighted by atomic mass is 9.76. The van der Waals surface area contributed by atoms with Crippen molar-refractivity contribution in [3.8, 4) is 0 Å². The first-order chi connectivity index (χ1) is 9.20. The summed E-state index contributed by atoms with van der Waals surface area (Å²) < 4.78 is 6.67. The smallest absolute Gasteiger partial charge is 0.0810 e. The first-order valence-electron chi connectivity index (χ1n) is 8.63. The predicted octanol–water partition coefficient (Wildman–Crippen LogP) is 4.67. The molecule has 0 radical (unpaired) electrons. The van der Waals surface area contributed by atoms with Gasteiger partial charge in [0.05, 0.1) is 11.7 Å². The van der Waals surface area contributed by atoms with Crippen molar-refractivity contribution < 1.29 is 4.74 Å². The van der Waals surface area contributed by atoms with E-state index >= 15 is 0 Å². The van der Waals surface area contributed by atoms with Gasteiger partial charge in [-0.15, -0.1) is 0 Å². The van der Waals surface area contributed by atoms with E-state index in [1.165, 1.54) is 51.4 Å². The van der Waals surface area contributed by atoms with Gasteiger partial charge in [0.2, 0.25) is 0 Å². The first kappa shape index (κ1) is 16.3. The van der Waals surface area contributed by atoms with Crippen molar-refractivity contribution in [2.24, 2.45) is 5.41 Å². The lowest BCUT2D eigenvalue weighted by Crippen LogP contribution is -2.49. The van der Waals surface area contributed by atoms with E-state index in [0.29, 0.717) is 11.5 Å². The third-order valence-corrected chi connectivity index (χ3v) is 5.16. The quantitative estimate of drug-likeness (QED) is 0.808. The topological polar surface area (TPSA) is 21.3 Å². The lowest BCUT2D eigenvalue weighted by Gasteiger charge is -2.41. The molecule has 2 aliphatic carbocycles. The molecule has 1 N–H and O–H groups in total. The van der Waals surface area contributed by atoms with Gasteiger partial charge in [-0.1, -0.05) is 26.7 Å². The highest BCUT2D eigenvalue weighted by molar-refractivity contribution is 4.92. The van der Waals surface area contributed by atoms with Crippen molar-refractivity contribution in [3.05, 3.63) is 0 Å². The van der Waals surface area contributed by atoms with Gasteiger partial charge in [0.25, 0.3) is 0 Å². The summed E-state index contributed by atoms with van der Waals surface area (Å²) in [6, 6.07) is 0. The second kappa shape index (κ2) is 5.96. The number of rotatable bonds is 4. The van der Waals surface area contributed by atoms with Crippen LogP contribution < -0.4 is 5.32 Å². The molecule has 20 heavy (non-hydrogen) atoms. The van der Waals surface area contributed by atoms with Crippen LogP contribution in [-0.2, 0) is 4.74 Å². The van der Waals surface area contributed by atoms with Crippen molar-refractivity contribution in [2.75, 3.05) is 6.54 Å². The molecule has 0 saturated heterocycles. The first-order valence-corrected chi connectivity index (χ1v) is 8.63. The van der Waals surface area contributed by atoms with E-state index in [2.05, 4.69) is 39.9 Å². The molecule has 0 aromatic rings. The molecule has 118 valence electrons. The van der Waals surface area contributed by atoms with Crippen molar-refractivity contribution in [1.29, 1.82) is 0 Å². The molecule has 0 bridgehead atoms. The highest BCUT2D eigenvalue weighted by atomic mass is 16.5. The molecule has 0 heterocycles. The van der Waals surface area contributed by atoms with Crippen molar-refractivity contribution >= 4 is 0 Å². The molecule has 0 aliphatic heterocycles. The molecule has 0 amide bonds. The summed E-state index contributed by atoms with van der Waals surface area (Å²) in [5.74, 6) is 0. The van der Waals surface area contributed by atoms with Crippen LogP contribution in [0.4, 0.5) is 0 Å². The van der Waals surface area contributed by atoms with Crippen LogP contribution in [0, 0.1) is 5.41 Å². The largest absolute Gasteiger partial charge is 0.370 e. The van der Waals surface area contributed by atoms with Crippen LogP contribution in [0.15, 0.2) is 0 Å². The summed E-state index contributed by atoms with van der Waals surface area (Å²) in [6.07, 6.45) is 10.8. The van der Waals surface area contributed by atoms with Gasteiger partial charge in [-0.2, -0.15) is 0 Å². The molecule has 0 spiro atoms. The van der Waals surface area contributed by atoms with Crippen LogP contribution in [0.2, 0.25) is 0 Å². The Morgan fingerprint density at radius 3 is 2.05 bits per heavy atom. The highest BCUT2D eigenvalue weighted by Crippen LogP contribution is 2.41. The summed E-state index contributed by atoms with van der Waals surface area (Å²) in [7, 11) is 0. The van der Waals surface area contributed by atoms with Crippen molar-refractivity contribution in [3.63, 3.8) is 0 Å². The summed E-state index contributed by atoms with van der Waals surface area (Å²) in [5.41, 5.74) is 0.847. The molecule has 2 fully saturated rings. The van der Waals surface area contributed by atoms with E-state index in [0.717, 1.165) is 6.54 Å². The Labute approximate surface area is 126 Å². The van der Waals surface area contributed by atoms with Gasteiger partial charge in [0.15, 0.2) is 0 Å². The third kappa shape index (κ3) is 4.73. The van der Waals surface area contributed by atoms with Crippen molar-refractivity contribution in [2.45, 2.75) is 103 Å². The maximum absolute atomic E-state index is 6.67. The SMILES string of the molecule is CC1(C)CCC(OC2(CNC(C)(C)C)CCCC2)CC1. The second-order valence-electron chi connectivity index (χ2n) is 8.98. The van der Waals surface area contributed by atoms with Gasteiger partial charge in [-0.05, 0) is 64.7 Å². The van der Waals surface area contributed by atoms with Gasteiger partial charge in [-0.25, -0.2) is 0 Å². The van der Waals surface area contributed by atoms with E-state index in [-0.39, 0.29) is 11.1 Å². The monoisotopic (exact) mass is 281 g/mol. The number of nitrogens with one attached hydrogen (secondary N) is 1. The van der Waals surface area contributed by atoms with E-state index in [1.807, 2.05) is 0 Å². The molecule has 0 aromatic carbocycles. The predicted molar refractivity (Wildman–Crippen MR) is 86.1 cm³/mol. The summed E-state index contributed by atoms with van der Waals surface area (Å²) in [5, 5.41) is 3.69.